The van der Waals surface area contributed by atoms with Crippen molar-refractivity contribution in [2.45, 2.75) is 58.3 Å². The lowest BCUT2D eigenvalue weighted by atomic mass is 10.0. The van der Waals surface area contributed by atoms with Crippen molar-refractivity contribution in [3.63, 3.8) is 0 Å². The number of hydrogen-bond acceptors (Lipinski definition) is 7. The smallest absolute Gasteiger partial charge is 0.343 e. The van der Waals surface area contributed by atoms with Crippen molar-refractivity contribution in [3.05, 3.63) is 57.7 Å². The van der Waals surface area contributed by atoms with Crippen LogP contribution in [0.4, 0.5) is 10.2 Å². The second kappa shape index (κ2) is 10.8. The van der Waals surface area contributed by atoms with Gasteiger partial charge in [-0.15, -0.1) is 0 Å². The van der Waals surface area contributed by atoms with Crippen molar-refractivity contribution < 1.29 is 18.7 Å². The number of ether oxygens (including phenoxy) is 2. The molecule has 2 aromatic heterocycles. The lowest BCUT2D eigenvalue weighted by Crippen LogP contribution is -2.29. The number of carbonyl (C=O) groups is 1. The van der Waals surface area contributed by atoms with Gasteiger partial charge in [-0.05, 0) is 65.8 Å². The van der Waals surface area contributed by atoms with E-state index in [1.165, 1.54) is 18.3 Å². The van der Waals surface area contributed by atoms with Crippen molar-refractivity contribution in [2.24, 2.45) is 0 Å². The predicted octanol–water partition coefficient (Wildman–Crippen LogP) is 5.99. The van der Waals surface area contributed by atoms with E-state index in [4.69, 9.17) is 38.4 Å². The number of pyridine rings is 1. The number of nitrogen functional groups attached to an aromatic ring is 1. The lowest BCUT2D eigenvalue weighted by Gasteiger charge is -2.24. The van der Waals surface area contributed by atoms with E-state index in [9.17, 15) is 9.18 Å². The van der Waals surface area contributed by atoms with Crippen LogP contribution in [0.1, 0.15) is 68.6 Å². The summed E-state index contributed by atoms with van der Waals surface area (Å²) in [6.45, 7) is 8.74. The fourth-order valence-electron chi connectivity index (χ4n) is 4.28. The fourth-order valence-corrected chi connectivity index (χ4v) is 4.95. The molecular formula is C26H30Cl2FN5O3. The van der Waals surface area contributed by atoms with E-state index in [1.54, 1.807) is 33.9 Å². The summed E-state index contributed by atoms with van der Waals surface area (Å²) in [6, 6.07) is 2.80. The van der Waals surface area contributed by atoms with Crippen LogP contribution in [0.5, 0.6) is 5.75 Å². The van der Waals surface area contributed by atoms with Gasteiger partial charge in [-0.1, -0.05) is 23.2 Å². The molecule has 198 valence electrons. The lowest BCUT2D eigenvalue weighted by molar-refractivity contribution is 0.00653. The molecule has 1 atom stereocenters. The number of halogens is 3. The Kier molecular flexibility index (Phi) is 7.96. The minimum atomic E-state index is -0.867. The number of nitrogens with zero attached hydrogens (tertiary/aromatic N) is 3. The Bertz CT molecular complexity index is 1300. The fraction of sp³-hybridized carbons (Fsp3) is 0.423. The number of benzene rings is 1. The molecular weight excluding hydrogens is 520 g/mol. The van der Waals surface area contributed by atoms with Crippen LogP contribution in [0.25, 0.3) is 11.1 Å². The molecule has 1 aliphatic heterocycles. The summed E-state index contributed by atoms with van der Waals surface area (Å²) in [5.41, 5.74) is 6.84. The molecule has 8 nitrogen and oxygen atoms in total. The van der Waals surface area contributed by atoms with Crippen LogP contribution in [0.15, 0.2) is 30.7 Å². The molecule has 0 spiro atoms. The van der Waals surface area contributed by atoms with Crippen LogP contribution >= 0.6 is 23.2 Å². The van der Waals surface area contributed by atoms with Gasteiger partial charge in [-0.25, -0.2) is 14.2 Å². The standard InChI is InChI=1S/C26H30Cl2FN5O3/c1-14(20-18(27)5-6-19(29)22(20)28)36-23-21(25(35)37-26(2,3)4)17(12-32-24(23)30)15-11-33-34(13-15)16-7-9-31-10-8-16/h5-6,11-14,16,31H,7-10H2,1-4H3,(H2,30,32)/t14-/m1/s1. The molecule has 1 saturated heterocycles. The van der Waals surface area contributed by atoms with Crippen molar-refractivity contribution in [1.82, 2.24) is 20.1 Å². The highest BCUT2D eigenvalue weighted by Gasteiger charge is 2.30. The number of nitrogens with two attached hydrogens (primary N) is 1. The van der Waals surface area contributed by atoms with Gasteiger partial charge in [0.05, 0.1) is 17.3 Å². The van der Waals surface area contributed by atoms with E-state index in [0.29, 0.717) is 11.1 Å². The summed E-state index contributed by atoms with van der Waals surface area (Å²) in [4.78, 5) is 17.8. The summed E-state index contributed by atoms with van der Waals surface area (Å²) < 4.78 is 28.0. The van der Waals surface area contributed by atoms with Crippen molar-refractivity contribution in [3.8, 4) is 16.9 Å². The Morgan fingerprint density at radius 2 is 1.95 bits per heavy atom. The minimum absolute atomic E-state index is 0.00902. The molecule has 3 N–H and O–H groups in total. The molecule has 1 aromatic carbocycles. The maximum absolute atomic E-state index is 14.2. The molecule has 4 rings (SSSR count). The number of anilines is 1. The van der Waals surface area contributed by atoms with Crippen molar-refractivity contribution in [1.29, 1.82) is 0 Å². The van der Waals surface area contributed by atoms with Crippen molar-refractivity contribution in [2.75, 3.05) is 18.8 Å². The molecule has 0 radical (unpaired) electrons. The van der Waals surface area contributed by atoms with Crippen LogP contribution < -0.4 is 15.8 Å². The monoisotopic (exact) mass is 549 g/mol. The molecule has 37 heavy (non-hydrogen) atoms. The van der Waals surface area contributed by atoms with E-state index in [2.05, 4.69) is 15.4 Å². The number of esters is 1. The van der Waals surface area contributed by atoms with E-state index in [1.807, 2.05) is 10.9 Å². The minimum Gasteiger partial charge on any atom is -0.481 e. The van der Waals surface area contributed by atoms with Gasteiger partial charge in [0.25, 0.3) is 0 Å². The van der Waals surface area contributed by atoms with E-state index in [0.717, 1.165) is 25.9 Å². The molecule has 1 fully saturated rings. The van der Waals surface area contributed by atoms with Crippen LogP contribution in [-0.2, 0) is 4.74 Å². The second-order valence-electron chi connectivity index (χ2n) is 9.97. The van der Waals surface area contributed by atoms with Gasteiger partial charge < -0.3 is 20.5 Å². The number of rotatable bonds is 6. The van der Waals surface area contributed by atoms with E-state index < -0.39 is 23.5 Å². The van der Waals surface area contributed by atoms with Gasteiger partial charge in [-0.3, -0.25) is 4.68 Å². The normalized spacial score (nSPS) is 15.4. The third-order valence-electron chi connectivity index (χ3n) is 6.04. The number of aromatic nitrogens is 3. The van der Waals surface area contributed by atoms with E-state index in [-0.39, 0.29) is 38.8 Å². The Hall–Kier alpha value is -2.88. The molecule has 3 aromatic rings. The number of nitrogens with one attached hydrogen (secondary N) is 1. The third kappa shape index (κ3) is 6.00. The number of piperidine rings is 1. The summed E-state index contributed by atoms with van der Waals surface area (Å²) in [5, 5.41) is 7.92. The SMILES string of the molecule is C[C@@H](Oc1c(N)ncc(-c2cnn(C3CCNCC3)c2)c1C(=O)OC(C)(C)C)c1c(Cl)ccc(F)c1Cl. The summed E-state index contributed by atoms with van der Waals surface area (Å²) in [5.74, 6) is -1.34. The highest BCUT2D eigenvalue weighted by atomic mass is 35.5. The van der Waals surface area contributed by atoms with Gasteiger partial charge in [0.15, 0.2) is 11.6 Å². The Balaban J connectivity index is 1.80. The quantitative estimate of drug-likeness (QED) is 0.287. The zero-order valence-corrected chi connectivity index (χ0v) is 22.7. The highest BCUT2D eigenvalue weighted by Crippen LogP contribution is 2.40. The molecule has 0 unspecified atom stereocenters. The topological polar surface area (TPSA) is 104 Å². The Morgan fingerprint density at radius 3 is 2.62 bits per heavy atom. The van der Waals surface area contributed by atoms with Gasteiger partial charge in [0.2, 0.25) is 0 Å². The summed E-state index contributed by atoms with van der Waals surface area (Å²) in [7, 11) is 0. The molecule has 0 saturated carbocycles. The Morgan fingerprint density at radius 1 is 1.24 bits per heavy atom. The van der Waals surface area contributed by atoms with Gasteiger partial charge in [0, 0.05) is 34.1 Å². The first kappa shape index (κ1) is 27.2. The molecule has 1 aliphatic rings. The van der Waals surface area contributed by atoms with Gasteiger partial charge in [-0.2, -0.15) is 5.10 Å². The first-order chi connectivity index (χ1) is 17.5. The average molecular weight is 550 g/mol. The van der Waals surface area contributed by atoms with Gasteiger partial charge >= 0.3 is 5.97 Å². The molecule has 3 heterocycles. The predicted molar refractivity (Wildman–Crippen MR) is 142 cm³/mol. The highest BCUT2D eigenvalue weighted by molar-refractivity contribution is 6.36. The molecule has 0 amide bonds. The second-order valence-corrected chi connectivity index (χ2v) is 10.8. The first-order valence-corrected chi connectivity index (χ1v) is 12.8. The van der Waals surface area contributed by atoms with Crippen LogP contribution in [-0.4, -0.2) is 39.4 Å². The van der Waals surface area contributed by atoms with Crippen molar-refractivity contribution >= 4 is 35.0 Å². The largest absolute Gasteiger partial charge is 0.481 e. The molecule has 0 aliphatic carbocycles. The van der Waals surface area contributed by atoms with Crippen LogP contribution in [0, 0.1) is 5.82 Å². The average Bonchev–Trinajstić information content (AvgIpc) is 3.32. The zero-order chi connectivity index (χ0) is 26.9. The van der Waals surface area contributed by atoms with Crippen LogP contribution in [0.2, 0.25) is 10.0 Å². The number of hydrogen-bond donors (Lipinski definition) is 2. The third-order valence-corrected chi connectivity index (χ3v) is 6.75. The molecule has 0 bridgehead atoms. The van der Waals surface area contributed by atoms with E-state index >= 15 is 0 Å². The summed E-state index contributed by atoms with van der Waals surface area (Å²) >= 11 is 12.5. The first-order valence-electron chi connectivity index (χ1n) is 12.0. The maximum atomic E-state index is 14.2. The maximum Gasteiger partial charge on any atom is 0.343 e. The number of carbonyl (C=O) groups excluding carboxylic acids is 1. The van der Waals surface area contributed by atoms with Gasteiger partial charge in [0.1, 0.15) is 23.1 Å². The molecule has 11 heteroatoms. The van der Waals surface area contributed by atoms with Crippen LogP contribution in [0.3, 0.4) is 0 Å². The zero-order valence-electron chi connectivity index (χ0n) is 21.1. The summed E-state index contributed by atoms with van der Waals surface area (Å²) in [6.07, 6.45) is 6.08. The Labute approximate surface area is 225 Å².